The number of benzene rings is 1. The molecule has 0 radical (unpaired) electrons. The summed E-state index contributed by atoms with van der Waals surface area (Å²) >= 11 is 17.7. The fourth-order valence-corrected chi connectivity index (χ4v) is 3.58. The molecule has 2 rings (SSSR count). The number of rotatable bonds is 2. The Bertz CT molecular complexity index is 548. The third kappa shape index (κ3) is 2.87. The van der Waals surface area contributed by atoms with Crippen molar-refractivity contribution in [2.45, 2.75) is 19.2 Å². The maximum Gasteiger partial charge on any atom is 0.0846 e. The molecule has 1 atom stereocenters. The molecule has 0 saturated heterocycles. The molecule has 1 heterocycles. The number of hydrogen-bond acceptors (Lipinski definition) is 1. The van der Waals surface area contributed by atoms with E-state index in [-0.39, 0.29) is 5.38 Å². The molecule has 17 heavy (non-hydrogen) atoms. The van der Waals surface area contributed by atoms with Gasteiger partial charge in [0, 0.05) is 14.2 Å². The molecule has 0 fully saturated rings. The van der Waals surface area contributed by atoms with Crippen LogP contribution in [0.1, 0.15) is 26.3 Å². The van der Waals surface area contributed by atoms with Gasteiger partial charge in [0.25, 0.3) is 0 Å². The summed E-state index contributed by atoms with van der Waals surface area (Å²) in [6, 6.07) is 7.99. The molecular weight excluding hydrogens is 339 g/mol. The van der Waals surface area contributed by atoms with Gasteiger partial charge in [-0.05, 0) is 59.1 Å². The molecule has 1 aromatic heterocycles. The zero-order valence-corrected chi connectivity index (χ0v) is 13.3. The van der Waals surface area contributed by atoms with Crippen molar-refractivity contribution in [3.63, 3.8) is 0 Å². The van der Waals surface area contributed by atoms with Gasteiger partial charge in [-0.3, -0.25) is 0 Å². The van der Waals surface area contributed by atoms with Crippen LogP contribution in [0.25, 0.3) is 0 Å². The highest BCUT2D eigenvalue weighted by molar-refractivity contribution is 9.10. The Labute approximate surface area is 124 Å². The Kier molecular flexibility index (Phi) is 4.19. The summed E-state index contributed by atoms with van der Waals surface area (Å²) in [5.74, 6) is 0. The number of thiophene rings is 1. The van der Waals surface area contributed by atoms with Crippen molar-refractivity contribution in [3.8, 4) is 0 Å². The van der Waals surface area contributed by atoms with E-state index in [1.807, 2.05) is 18.2 Å². The van der Waals surface area contributed by atoms with E-state index in [1.54, 1.807) is 11.3 Å². The van der Waals surface area contributed by atoms with Gasteiger partial charge in [0.05, 0.1) is 10.4 Å². The number of hydrogen-bond donors (Lipinski definition) is 0. The predicted molar refractivity (Wildman–Crippen MR) is 80.6 cm³/mol. The van der Waals surface area contributed by atoms with E-state index in [0.29, 0.717) is 5.02 Å². The standard InChI is InChI=1S/C13H11BrCl2S/c1-7-5-10(8(2)17-7)13(16)9-3-4-11(14)12(15)6-9/h3-6,13H,1-2H3. The smallest absolute Gasteiger partial charge is 0.0846 e. The van der Waals surface area contributed by atoms with Gasteiger partial charge >= 0.3 is 0 Å². The van der Waals surface area contributed by atoms with Crippen LogP contribution in [0.15, 0.2) is 28.7 Å². The normalized spacial score (nSPS) is 12.8. The average Bonchev–Trinajstić information content (AvgIpc) is 2.61. The van der Waals surface area contributed by atoms with E-state index in [2.05, 4.69) is 35.8 Å². The molecule has 0 aliphatic carbocycles. The molecule has 1 unspecified atom stereocenters. The maximum atomic E-state index is 6.51. The highest BCUT2D eigenvalue weighted by atomic mass is 79.9. The second kappa shape index (κ2) is 5.31. The molecule has 0 nitrogen and oxygen atoms in total. The molecule has 0 aliphatic heterocycles. The molecule has 4 heteroatoms. The minimum absolute atomic E-state index is 0.134. The molecule has 0 saturated carbocycles. The van der Waals surface area contributed by atoms with Crippen molar-refractivity contribution in [2.75, 3.05) is 0 Å². The van der Waals surface area contributed by atoms with Gasteiger partial charge in [-0.25, -0.2) is 0 Å². The van der Waals surface area contributed by atoms with Crippen LogP contribution in [0.5, 0.6) is 0 Å². The van der Waals surface area contributed by atoms with Crippen molar-refractivity contribution in [1.29, 1.82) is 0 Å². The van der Waals surface area contributed by atoms with Gasteiger partial charge in [0.15, 0.2) is 0 Å². The Balaban J connectivity index is 2.40. The topological polar surface area (TPSA) is 0 Å². The zero-order valence-electron chi connectivity index (χ0n) is 9.43. The highest BCUT2D eigenvalue weighted by Crippen LogP contribution is 2.37. The van der Waals surface area contributed by atoms with Crippen LogP contribution in [0, 0.1) is 13.8 Å². The van der Waals surface area contributed by atoms with Crippen molar-refractivity contribution < 1.29 is 0 Å². The fourth-order valence-electron chi connectivity index (χ4n) is 1.75. The summed E-state index contributed by atoms with van der Waals surface area (Å²) < 4.78 is 0.894. The predicted octanol–water partition coefficient (Wildman–Crippen LogP) is 6.11. The third-order valence-electron chi connectivity index (χ3n) is 2.59. The first-order valence-electron chi connectivity index (χ1n) is 5.15. The summed E-state index contributed by atoms with van der Waals surface area (Å²) in [7, 11) is 0. The highest BCUT2D eigenvalue weighted by Gasteiger charge is 2.16. The zero-order chi connectivity index (χ0) is 12.6. The molecule has 0 aliphatic rings. The van der Waals surface area contributed by atoms with Crippen molar-refractivity contribution in [1.82, 2.24) is 0 Å². The summed E-state index contributed by atoms with van der Waals surface area (Å²) in [6.07, 6.45) is 0. The summed E-state index contributed by atoms with van der Waals surface area (Å²) in [5, 5.41) is 0.559. The van der Waals surface area contributed by atoms with Crippen LogP contribution in [0.4, 0.5) is 0 Å². The van der Waals surface area contributed by atoms with Gasteiger partial charge < -0.3 is 0 Å². The number of halogens is 3. The first-order chi connectivity index (χ1) is 7.99. The van der Waals surface area contributed by atoms with Crippen LogP contribution in [0.3, 0.4) is 0 Å². The van der Waals surface area contributed by atoms with E-state index >= 15 is 0 Å². The van der Waals surface area contributed by atoms with Crippen molar-refractivity contribution in [3.05, 3.63) is 54.6 Å². The van der Waals surface area contributed by atoms with E-state index in [0.717, 1.165) is 10.0 Å². The lowest BCUT2D eigenvalue weighted by Crippen LogP contribution is -1.93. The lowest BCUT2D eigenvalue weighted by atomic mass is 10.1. The van der Waals surface area contributed by atoms with Crippen LogP contribution < -0.4 is 0 Å². The Morgan fingerprint density at radius 1 is 1.24 bits per heavy atom. The molecule has 90 valence electrons. The molecule has 0 amide bonds. The Morgan fingerprint density at radius 3 is 2.47 bits per heavy atom. The number of aryl methyl sites for hydroxylation is 2. The van der Waals surface area contributed by atoms with Gasteiger partial charge in [-0.1, -0.05) is 17.7 Å². The fraction of sp³-hybridized carbons (Fsp3) is 0.231. The second-order valence-corrected chi connectivity index (χ2v) is 7.06. The van der Waals surface area contributed by atoms with Crippen molar-refractivity contribution in [2.24, 2.45) is 0 Å². The monoisotopic (exact) mass is 348 g/mol. The third-order valence-corrected chi connectivity index (χ3v) is 5.29. The Hall–Kier alpha value is -0.0200. The summed E-state index contributed by atoms with van der Waals surface area (Å²) in [5.41, 5.74) is 2.20. The molecule has 1 aromatic carbocycles. The lowest BCUT2D eigenvalue weighted by molar-refractivity contribution is 1.13. The minimum atomic E-state index is -0.134. The molecule has 0 bridgehead atoms. The SMILES string of the molecule is Cc1cc(C(Cl)c2ccc(Br)c(Cl)c2)c(C)s1. The average molecular weight is 350 g/mol. The minimum Gasteiger partial charge on any atom is -0.146 e. The lowest BCUT2D eigenvalue weighted by Gasteiger charge is -2.10. The number of alkyl halides is 1. The van der Waals surface area contributed by atoms with Gasteiger partial charge in [0.2, 0.25) is 0 Å². The van der Waals surface area contributed by atoms with Gasteiger partial charge in [-0.2, -0.15) is 0 Å². The van der Waals surface area contributed by atoms with Gasteiger partial charge in [0.1, 0.15) is 0 Å². The first kappa shape index (κ1) is 13.4. The van der Waals surface area contributed by atoms with Crippen molar-refractivity contribution >= 4 is 50.5 Å². The van der Waals surface area contributed by atoms with E-state index < -0.39 is 0 Å². The molecule has 0 spiro atoms. The van der Waals surface area contributed by atoms with E-state index in [9.17, 15) is 0 Å². The Morgan fingerprint density at radius 2 is 1.94 bits per heavy atom. The van der Waals surface area contributed by atoms with Crippen LogP contribution >= 0.6 is 50.5 Å². The quantitative estimate of drug-likeness (QED) is 0.574. The van der Waals surface area contributed by atoms with Crippen LogP contribution in [-0.2, 0) is 0 Å². The summed E-state index contributed by atoms with van der Waals surface area (Å²) in [6.45, 7) is 4.20. The largest absolute Gasteiger partial charge is 0.146 e. The van der Waals surface area contributed by atoms with E-state index in [1.165, 1.54) is 15.3 Å². The van der Waals surface area contributed by atoms with Crippen LogP contribution in [-0.4, -0.2) is 0 Å². The summed E-state index contributed by atoms with van der Waals surface area (Å²) in [4.78, 5) is 2.55. The van der Waals surface area contributed by atoms with Crippen LogP contribution in [0.2, 0.25) is 5.02 Å². The van der Waals surface area contributed by atoms with E-state index in [4.69, 9.17) is 23.2 Å². The van der Waals surface area contributed by atoms with Gasteiger partial charge in [-0.15, -0.1) is 22.9 Å². The maximum absolute atomic E-state index is 6.51. The molecular formula is C13H11BrCl2S. The first-order valence-corrected chi connectivity index (χ1v) is 7.57. The molecule has 2 aromatic rings. The molecule has 0 N–H and O–H groups in total. The second-order valence-electron chi connectivity index (χ2n) is 3.90.